The Bertz CT molecular complexity index is 555. The molecule has 96 valence electrons. The molecular weight excluding hydrogens is 242 g/mol. The lowest BCUT2D eigenvalue weighted by molar-refractivity contribution is 0.412. The zero-order valence-corrected chi connectivity index (χ0v) is 11.7. The average Bonchev–Trinajstić information content (AvgIpc) is 2.76. The van der Waals surface area contributed by atoms with Crippen LogP contribution in [-0.4, -0.2) is 4.98 Å². The van der Waals surface area contributed by atoms with E-state index in [1.54, 1.807) is 0 Å². The summed E-state index contributed by atoms with van der Waals surface area (Å²) in [6.45, 7) is 2.28. The standard InChI is InChI=1S/C16H20ClN/c1-2-3-5-11-8-9-15-13(10-11)12-6-4-7-14(17)16(12)18-15/h4,6-7,11,18H,2-3,5,8-10H2,1H3. The zero-order valence-electron chi connectivity index (χ0n) is 10.9. The van der Waals surface area contributed by atoms with Gasteiger partial charge >= 0.3 is 0 Å². The molecule has 1 aromatic heterocycles. The van der Waals surface area contributed by atoms with Crippen molar-refractivity contribution < 1.29 is 0 Å². The van der Waals surface area contributed by atoms with Gasteiger partial charge in [-0.15, -0.1) is 0 Å². The van der Waals surface area contributed by atoms with Gasteiger partial charge in [0.05, 0.1) is 10.5 Å². The summed E-state index contributed by atoms with van der Waals surface area (Å²) in [5, 5.41) is 2.20. The molecule has 1 unspecified atom stereocenters. The quantitative estimate of drug-likeness (QED) is 0.790. The topological polar surface area (TPSA) is 15.8 Å². The van der Waals surface area contributed by atoms with Crippen molar-refractivity contribution in [3.05, 3.63) is 34.5 Å². The van der Waals surface area contributed by atoms with Gasteiger partial charge in [-0.1, -0.05) is 49.9 Å². The SMILES string of the molecule is CCCCC1CCc2[nH]c3c(Cl)cccc3c2C1. The molecule has 0 saturated carbocycles. The van der Waals surface area contributed by atoms with Crippen LogP contribution < -0.4 is 0 Å². The minimum atomic E-state index is 0.854. The van der Waals surface area contributed by atoms with Crippen LogP contribution in [0.2, 0.25) is 5.02 Å². The summed E-state index contributed by atoms with van der Waals surface area (Å²) < 4.78 is 0. The average molecular weight is 262 g/mol. The Kier molecular flexibility index (Phi) is 3.34. The lowest BCUT2D eigenvalue weighted by Crippen LogP contribution is -2.13. The number of halogens is 1. The van der Waals surface area contributed by atoms with Crippen LogP contribution in [0, 0.1) is 5.92 Å². The van der Waals surface area contributed by atoms with Crippen LogP contribution in [-0.2, 0) is 12.8 Å². The van der Waals surface area contributed by atoms with Crippen LogP contribution in [0.1, 0.15) is 43.9 Å². The Morgan fingerprint density at radius 2 is 2.28 bits per heavy atom. The van der Waals surface area contributed by atoms with E-state index >= 15 is 0 Å². The number of aryl methyl sites for hydroxylation is 1. The first-order valence-corrected chi connectivity index (χ1v) is 7.45. The molecular formula is C16H20ClN. The maximum atomic E-state index is 6.27. The van der Waals surface area contributed by atoms with E-state index in [9.17, 15) is 0 Å². The van der Waals surface area contributed by atoms with Crippen LogP contribution in [0.25, 0.3) is 10.9 Å². The van der Waals surface area contributed by atoms with Crippen LogP contribution in [0.3, 0.4) is 0 Å². The Labute approximate surface area is 114 Å². The lowest BCUT2D eigenvalue weighted by atomic mass is 9.83. The van der Waals surface area contributed by atoms with Gasteiger partial charge in [-0.25, -0.2) is 0 Å². The van der Waals surface area contributed by atoms with Crippen molar-refractivity contribution in [1.82, 2.24) is 4.98 Å². The molecule has 1 nitrogen and oxygen atoms in total. The second-order valence-electron chi connectivity index (χ2n) is 5.50. The number of benzene rings is 1. The third-order valence-electron chi connectivity index (χ3n) is 4.24. The van der Waals surface area contributed by atoms with Crippen LogP contribution in [0.5, 0.6) is 0 Å². The molecule has 0 fully saturated rings. The minimum absolute atomic E-state index is 0.854. The van der Waals surface area contributed by atoms with Gasteiger partial charge in [0, 0.05) is 11.1 Å². The second kappa shape index (κ2) is 4.97. The van der Waals surface area contributed by atoms with Crippen molar-refractivity contribution >= 4 is 22.5 Å². The number of aromatic amines is 1. The molecule has 1 heterocycles. The molecule has 0 saturated heterocycles. The van der Waals surface area contributed by atoms with Crippen LogP contribution in [0.15, 0.2) is 18.2 Å². The third-order valence-corrected chi connectivity index (χ3v) is 4.56. The molecule has 2 heteroatoms. The fraction of sp³-hybridized carbons (Fsp3) is 0.500. The fourth-order valence-corrected chi connectivity index (χ4v) is 3.44. The zero-order chi connectivity index (χ0) is 12.5. The minimum Gasteiger partial charge on any atom is -0.357 e. The number of hydrogen-bond donors (Lipinski definition) is 1. The Hall–Kier alpha value is -0.950. The summed E-state index contributed by atoms with van der Waals surface area (Å²) in [7, 11) is 0. The number of nitrogens with one attached hydrogen (secondary N) is 1. The molecule has 1 aromatic carbocycles. The van der Waals surface area contributed by atoms with Gasteiger partial charge in [0.25, 0.3) is 0 Å². The first-order chi connectivity index (χ1) is 8.79. The number of aromatic nitrogens is 1. The second-order valence-corrected chi connectivity index (χ2v) is 5.90. The summed E-state index contributed by atoms with van der Waals surface area (Å²) in [4.78, 5) is 3.53. The van der Waals surface area contributed by atoms with Crippen LogP contribution >= 0.6 is 11.6 Å². The summed E-state index contributed by atoms with van der Waals surface area (Å²) in [6, 6.07) is 6.24. The molecule has 2 aromatic rings. The van der Waals surface area contributed by atoms with Crippen molar-refractivity contribution in [3.8, 4) is 0 Å². The Morgan fingerprint density at radius 3 is 3.11 bits per heavy atom. The highest BCUT2D eigenvalue weighted by Crippen LogP contribution is 2.35. The molecule has 1 aliphatic rings. The van der Waals surface area contributed by atoms with Gasteiger partial charge in [0.1, 0.15) is 0 Å². The Balaban J connectivity index is 1.94. The smallest absolute Gasteiger partial charge is 0.0648 e. The van der Waals surface area contributed by atoms with E-state index in [1.165, 1.54) is 55.2 Å². The largest absolute Gasteiger partial charge is 0.357 e. The summed E-state index contributed by atoms with van der Waals surface area (Å²) in [5.74, 6) is 0.871. The van der Waals surface area contributed by atoms with Crippen molar-refractivity contribution in [1.29, 1.82) is 0 Å². The van der Waals surface area contributed by atoms with E-state index in [1.807, 2.05) is 6.07 Å². The summed E-state index contributed by atoms with van der Waals surface area (Å²) >= 11 is 6.27. The van der Waals surface area contributed by atoms with Gasteiger partial charge in [-0.05, 0) is 36.8 Å². The van der Waals surface area contributed by atoms with Gasteiger partial charge in [0.2, 0.25) is 0 Å². The number of rotatable bonds is 3. The predicted octanol–water partition coefficient (Wildman–Crippen LogP) is 5.12. The highest BCUT2D eigenvalue weighted by atomic mass is 35.5. The third kappa shape index (κ3) is 2.05. The van der Waals surface area contributed by atoms with E-state index in [-0.39, 0.29) is 0 Å². The molecule has 0 aliphatic heterocycles. The molecule has 3 rings (SSSR count). The molecule has 0 amide bonds. The first-order valence-electron chi connectivity index (χ1n) is 7.07. The Morgan fingerprint density at radius 1 is 1.39 bits per heavy atom. The first kappa shape index (κ1) is 12.1. The van der Waals surface area contributed by atoms with Crippen molar-refractivity contribution in [2.24, 2.45) is 5.92 Å². The maximum absolute atomic E-state index is 6.27. The van der Waals surface area contributed by atoms with Crippen molar-refractivity contribution in [2.75, 3.05) is 0 Å². The molecule has 0 spiro atoms. The van der Waals surface area contributed by atoms with Gasteiger partial charge in [0.15, 0.2) is 0 Å². The monoisotopic (exact) mass is 261 g/mol. The predicted molar refractivity (Wildman–Crippen MR) is 78.3 cm³/mol. The highest BCUT2D eigenvalue weighted by molar-refractivity contribution is 6.35. The highest BCUT2D eigenvalue weighted by Gasteiger charge is 2.22. The van der Waals surface area contributed by atoms with E-state index in [0.29, 0.717) is 0 Å². The maximum Gasteiger partial charge on any atom is 0.0648 e. The van der Waals surface area contributed by atoms with Crippen LogP contribution in [0.4, 0.5) is 0 Å². The normalized spacial score (nSPS) is 19.1. The number of hydrogen-bond acceptors (Lipinski definition) is 0. The number of unbranched alkanes of at least 4 members (excludes halogenated alkanes) is 1. The van der Waals surface area contributed by atoms with Gasteiger partial charge in [-0.2, -0.15) is 0 Å². The fourth-order valence-electron chi connectivity index (χ4n) is 3.22. The molecule has 1 aliphatic carbocycles. The molecule has 0 radical (unpaired) electrons. The molecule has 1 atom stereocenters. The van der Waals surface area contributed by atoms with Crippen molar-refractivity contribution in [3.63, 3.8) is 0 Å². The van der Waals surface area contributed by atoms with E-state index in [0.717, 1.165) is 16.5 Å². The molecule has 1 N–H and O–H groups in total. The lowest BCUT2D eigenvalue weighted by Gasteiger charge is -2.22. The van der Waals surface area contributed by atoms with Gasteiger partial charge in [-0.3, -0.25) is 0 Å². The van der Waals surface area contributed by atoms with E-state index in [2.05, 4.69) is 24.0 Å². The number of para-hydroxylation sites is 1. The van der Waals surface area contributed by atoms with E-state index in [4.69, 9.17) is 11.6 Å². The van der Waals surface area contributed by atoms with Crippen molar-refractivity contribution in [2.45, 2.75) is 45.4 Å². The molecule has 18 heavy (non-hydrogen) atoms. The summed E-state index contributed by atoms with van der Waals surface area (Å²) in [5.41, 5.74) is 4.09. The summed E-state index contributed by atoms with van der Waals surface area (Å²) in [6.07, 6.45) is 7.80. The van der Waals surface area contributed by atoms with E-state index < -0.39 is 0 Å². The number of fused-ring (bicyclic) bond motifs is 3. The van der Waals surface area contributed by atoms with Gasteiger partial charge < -0.3 is 4.98 Å². The number of H-pyrrole nitrogens is 1. The molecule has 0 bridgehead atoms.